The van der Waals surface area contributed by atoms with Crippen molar-refractivity contribution < 1.29 is 4.39 Å². The van der Waals surface area contributed by atoms with E-state index in [1.807, 2.05) is 6.92 Å². The highest BCUT2D eigenvalue weighted by molar-refractivity contribution is 4.96. The Kier molecular flexibility index (Phi) is 4.62. The van der Waals surface area contributed by atoms with Crippen molar-refractivity contribution in [3.63, 3.8) is 0 Å². The van der Waals surface area contributed by atoms with Gasteiger partial charge in [0.25, 0.3) is 0 Å². The van der Waals surface area contributed by atoms with Crippen LogP contribution in [0.25, 0.3) is 0 Å². The van der Waals surface area contributed by atoms with Gasteiger partial charge in [-0.05, 0) is 19.8 Å². The van der Waals surface area contributed by atoms with E-state index in [-0.39, 0.29) is 6.67 Å². The third-order valence-electron chi connectivity index (χ3n) is 1.04. The zero-order valence-corrected chi connectivity index (χ0v) is 5.58. The van der Waals surface area contributed by atoms with Gasteiger partial charge in [-0.1, -0.05) is 18.6 Å². The Morgan fingerprint density at radius 1 is 1.62 bits per heavy atom. The Morgan fingerprint density at radius 3 is 2.62 bits per heavy atom. The first-order chi connectivity index (χ1) is 3.81. The van der Waals surface area contributed by atoms with E-state index in [1.165, 1.54) is 0 Å². The lowest BCUT2D eigenvalue weighted by Crippen LogP contribution is -1.77. The van der Waals surface area contributed by atoms with Gasteiger partial charge in [-0.2, -0.15) is 0 Å². The molecule has 1 heteroatoms. The Balaban J connectivity index is 3.29. The fourth-order valence-electron chi connectivity index (χ4n) is 0.600. The molecule has 0 bridgehead atoms. The molecule has 8 heavy (non-hydrogen) atoms. The molecule has 0 rings (SSSR count). The molecule has 0 aliphatic carbocycles. The van der Waals surface area contributed by atoms with Gasteiger partial charge in [0.15, 0.2) is 0 Å². The summed E-state index contributed by atoms with van der Waals surface area (Å²) in [5.41, 5.74) is 1.16. The van der Waals surface area contributed by atoms with Gasteiger partial charge in [-0.3, -0.25) is 4.39 Å². The van der Waals surface area contributed by atoms with Crippen molar-refractivity contribution in [1.82, 2.24) is 0 Å². The van der Waals surface area contributed by atoms with E-state index >= 15 is 0 Å². The number of halogens is 1. The number of hydrogen-bond acceptors (Lipinski definition) is 0. The van der Waals surface area contributed by atoms with Gasteiger partial charge in [0, 0.05) is 0 Å². The summed E-state index contributed by atoms with van der Waals surface area (Å²) in [7, 11) is 0. The van der Waals surface area contributed by atoms with E-state index in [9.17, 15) is 4.39 Å². The molecule has 0 N–H and O–H groups in total. The SMILES string of the molecule is CCC=C(C)CCF. The molecule has 0 radical (unpaired) electrons. The van der Waals surface area contributed by atoms with E-state index in [1.54, 1.807) is 0 Å². The maximum atomic E-state index is 11.5. The first kappa shape index (κ1) is 7.67. The summed E-state index contributed by atoms with van der Waals surface area (Å²) in [5.74, 6) is 0. The van der Waals surface area contributed by atoms with Crippen molar-refractivity contribution in [3.05, 3.63) is 11.6 Å². The lowest BCUT2D eigenvalue weighted by atomic mass is 10.2. The van der Waals surface area contributed by atoms with E-state index in [4.69, 9.17) is 0 Å². The molecule has 0 saturated heterocycles. The minimum Gasteiger partial charge on any atom is -0.251 e. The third-order valence-corrected chi connectivity index (χ3v) is 1.04. The van der Waals surface area contributed by atoms with E-state index < -0.39 is 0 Å². The molecular formula is C7H13F. The van der Waals surface area contributed by atoms with Gasteiger partial charge in [0.1, 0.15) is 0 Å². The second-order valence-corrected chi connectivity index (χ2v) is 1.90. The number of allylic oxidation sites excluding steroid dienone is 2. The van der Waals surface area contributed by atoms with Crippen LogP contribution in [0.2, 0.25) is 0 Å². The quantitative estimate of drug-likeness (QED) is 0.497. The number of rotatable bonds is 3. The second kappa shape index (κ2) is 4.82. The maximum Gasteiger partial charge on any atom is 0.0931 e. The molecule has 0 nitrogen and oxygen atoms in total. The van der Waals surface area contributed by atoms with Crippen LogP contribution in [0.1, 0.15) is 26.7 Å². The van der Waals surface area contributed by atoms with Crippen molar-refractivity contribution >= 4 is 0 Å². The van der Waals surface area contributed by atoms with E-state index in [0.29, 0.717) is 6.42 Å². The molecule has 0 aromatic rings. The fourth-order valence-corrected chi connectivity index (χ4v) is 0.600. The molecule has 0 aromatic heterocycles. The summed E-state index contributed by atoms with van der Waals surface area (Å²) < 4.78 is 11.5. The van der Waals surface area contributed by atoms with Crippen LogP contribution in [0, 0.1) is 0 Å². The van der Waals surface area contributed by atoms with Crippen LogP contribution in [0.3, 0.4) is 0 Å². The molecule has 0 atom stereocenters. The lowest BCUT2D eigenvalue weighted by Gasteiger charge is -1.91. The molecule has 0 unspecified atom stereocenters. The predicted octanol–water partition coefficient (Wildman–Crippen LogP) is 2.70. The lowest BCUT2D eigenvalue weighted by molar-refractivity contribution is 0.494. The Bertz CT molecular complexity index is 74.5. The topological polar surface area (TPSA) is 0 Å². The summed E-state index contributed by atoms with van der Waals surface area (Å²) in [6, 6.07) is 0. The number of alkyl halides is 1. The largest absolute Gasteiger partial charge is 0.251 e. The minimum absolute atomic E-state index is 0.220. The molecule has 0 aromatic carbocycles. The van der Waals surface area contributed by atoms with Crippen LogP contribution in [0.5, 0.6) is 0 Å². The maximum absolute atomic E-state index is 11.5. The van der Waals surface area contributed by atoms with Crippen LogP contribution in [0.4, 0.5) is 4.39 Å². The molecule has 0 spiro atoms. The third kappa shape index (κ3) is 3.85. The standard InChI is InChI=1S/C7H13F/c1-3-4-7(2)5-6-8/h4H,3,5-6H2,1-2H3. The highest BCUT2D eigenvalue weighted by Crippen LogP contribution is 2.00. The van der Waals surface area contributed by atoms with Crippen LogP contribution < -0.4 is 0 Å². The summed E-state index contributed by atoms with van der Waals surface area (Å²) in [6.45, 7) is 3.80. The van der Waals surface area contributed by atoms with E-state index in [2.05, 4.69) is 13.0 Å². The van der Waals surface area contributed by atoms with Crippen LogP contribution in [0.15, 0.2) is 11.6 Å². The van der Waals surface area contributed by atoms with Gasteiger partial charge in [0.05, 0.1) is 6.67 Å². The van der Waals surface area contributed by atoms with Crippen LogP contribution in [-0.4, -0.2) is 6.67 Å². The monoisotopic (exact) mass is 116 g/mol. The Morgan fingerprint density at radius 2 is 2.25 bits per heavy atom. The van der Waals surface area contributed by atoms with Gasteiger partial charge >= 0.3 is 0 Å². The normalized spacial score (nSPS) is 12.1. The van der Waals surface area contributed by atoms with Crippen molar-refractivity contribution in [3.8, 4) is 0 Å². The summed E-state index contributed by atoms with van der Waals surface area (Å²) >= 11 is 0. The van der Waals surface area contributed by atoms with Gasteiger partial charge in [0.2, 0.25) is 0 Å². The van der Waals surface area contributed by atoms with E-state index in [0.717, 1.165) is 12.0 Å². The zero-order chi connectivity index (χ0) is 6.41. The fraction of sp³-hybridized carbons (Fsp3) is 0.714. The molecule has 0 fully saturated rings. The predicted molar refractivity (Wildman–Crippen MR) is 34.6 cm³/mol. The number of hydrogen-bond donors (Lipinski definition) is 0. The summed E-state index contributed by atoms with van der Waals surface area (Å²) in [4.78, 5) is 0. The average Bonchev–Trinajstić information content (AvgIpc) is 1.68. The minimum atomic E-state index is -0.220. The molecule has 0 aliphatic heterocycles. The zero-order valence-electron chi connectivity index (χ0n) is 5.58. The molecule has 0 amide bonds. The van der Waals surface area contributed by atoms with Gasteiger partial charge in [-0.25, -0.2) is 0 Å². The molecule has 48 valence electrons. The van der Waals surface area contributed by atoms with Crippen molar-refractivity contribution in [2.45, 2.75) is 26.7 Å². The molecule has 0 heterocycles. The van der Waals surface area contributed by atoms with Crippen LogP contribution >= 0.6 is 0 Å². The first-order valence-electron chi connectivity index (χ1n) is 3.02. The summed E-state index contributed by atoms with van der Waals surface area (Å²) in [5, 5.41) is 0. The highest BCUT2D eigenvalue weighted by Gasteiger charge is 1.84. The summed E-state index contributed by atoms with van der Waals surface area (Å²) in [6.07, 6.45) is 3.68. The first-order valence-corrected chi connectivity index (χ1v) is 3.02. The van der Waals surface area contributed by atoms with Gasteiger partial charge in [-0.15, -0.1) is 0 Å². The highest BCUT2D eigenvalue weighted by atomic mass is 19.1. The molecule has 0 aliphatic rings. The smallest absolute Gasteiger partial charge is 0.0931 e. The average molecular weight is 116 g/mol. The van der Waals surface area contributed by atoms with Crippen molar-refractivity contribution in [2.24, 2.45) is 0 Å². The van der Waals surface area contributed by atoms with Crippen molar-refractivity contribution in [1.29, 1.82) is 0 Å². The Labute approximate surface area is 50.4 Å². The van der Waals surface area contributed by atoms with Crippen molar-refractivity contribution in [2.75, 3.05) is 6.67 Å². The molecular weight excluding hydrogens is 103 g/mol. The van der Waals surface area contributed by atoms with Crippen LogP contribution in [-0.2, 0) is 0 Å². The van der Waals surface area contributed by atoms with Gasteiger partial charge < -0.3 is 0 Å². The second-order valence-electron chi connectivity index (χ2n) is 1.90. The molecule has 0 saturated carbocycles. The Hall–Kier alpha value is -0.330.